The van der Waals surface area contributed by atoms with Crippen molar-refractivity contribution in [1.29, 1.82) is 0 Å². The Kier molecular flexibility index (Phi) is 6.07. The van der Waals surface area contributed by atoms with Gasteiger partial charge >= 0.3 is 0 Å². The molecule has 1 aliphatic heterocycles. The highest BCUT2D eigenvalue weighted by atomic mass is 32.2. The molecule has 1 atom stereocenters. The summed E-state index contributed by atoms with van der Waals surface area (Å²) in [6, 6.07) is 6.40. The number of likely N-dealkylation sites (tertiary alicyclic amines) is 1. The van der Waals surface area contributed by atoms with E-state index < -0.39 is 10.0 Å². The average molecular weight is 405 g/mol. The lowest BCUT2D eigenvalue weighted by Gasteiger charge is -2.32. The van der Waals surface area contributed by atoms with Gasteiger partial charge in [0.25, 0.3) is 0 Å². The average Bonchev–Trinajstić information content (AvgIpc) is 3.05. The number of aromatic amines is 1. The fourth-order valence-electron chi connectivity index (χ4n) is 3.95. The molecule has 1 aliphatic rings. The van der Waals surface area contributed by atoms with E-state index in [2.05, 4.69) is 47.0 Å². The van der Waals surface area contributed by atoms with Crippen LogP contribution in [0.1, 0.15) is 47.6 Å². The zero-order valence-corrected chi connectivity index (χ0v) is 17.5. The van der Waals surface area contributed by atoms with Gasteiger partial charge in [0, 0.05) is 25.4 Å². The van der Waals surface area contributed by atoms with E-state index in [1.54, 1.807) is 0 Å². The molecule has 0 bridgehead atoms. The Bertz CT molecular complexity index is 932. The van der Waals surface area contributed by atoms with Gasteiger partial charge in [-0.25, -0.2) is 8.42 Å². The largest absolute Gasteiger partial charge is 0.342 e. The molecule has 1 aromatic carbocycles. The number of aromatic nitrogens is 2. The number of nitrogens with one attached hydrogen (secondary N) is 2. The lowest BCUT2D eigenvalue weighted by Crippen LogP contribution is -2.39. The topological polar surface area (TPSA) is 95.2 Å². The SMILES string of the molecule is Cc1cc(C)cc(CCC(=O)N2CCCC(c3[nH]ncc3NS(C)(=O)=O)C2)c1. The number of anilines is 1. The van der Waals surface area contributed by atoms with Crippen LogP contribution in [0.4, 0.5) is 5.69 Å². The van der Waals surface area contributed by atoms with Crippen LogP contribution < -0.4 is 4.72 Å². The summed E-state index contributed by atoms with van der Waals surface area (Å²) in [6.45, 7) is 5.46. The number of H-pyrrole nitrogens is 1. The molecule has 1 fully saturated rings. The summed E-state index contributed by atoms with van der Waals surface area (Å²) < 4.78 is 25.6. The van der Waals surface area contributed by atoms with Crippen LogP contribution in [0, 0.1) is 13.8 Å². The van der Waals surface area contributed by atoms with Crippen LogP contribution in [0.2, 0.25) is 0 Å². The van der Waals surface area contributed by atoms with Crippen molar-refractivity contribution in [3.63, 3.8) is 0 Å². The number of amides is 1. The van der Waals surface area contributed by atoms with E-state index in [4.69, 9.17) is 0 Å². The standard InChI is InChI=1S/C20H28N4O3S/c1-14-9-15(2)11-16(10-14)6-7-19(25)24-8-4-5-17(13-24)20-18(12-21-22-20)23-28(3,26)27/h9-12,17,23H,4-8,13H2,1-3H3,(H,21,22). The summed E-state index contributed by atoms with van der Waals surface area (Å²) in [7, 11) is -3.38. The summed E-state index contributed by atoms with van der Waals surface area (Å²) in [5, 5.41) is 6.90. The molecule has 1 saturated heterocycles. The van der Waals surface area contributed by atoms with Crippen LogP contribution in [0.25, 0.3) is 0 Å². The van der Waals surface area contributed by atoms with E-state index in [-0.39, 0.29) is 11.8 Å². The second kappa shape index (κ2) is 8.34. The fourth-order valence-corrected chi connectivity index (χ4v) is 4.51. The monoisotopic (exact) mass is 404 g/mol. The van der Waals surface area contributed by atoms with E-state index in [0.717, 1.165) is 37.8 Å². The molecule has 7 nitrogen and oxygen atoms in total. The Balaban J connectivity index is 1.63. The maximum absolute atomic E-state index is 12.8. The van der Waals surface area contributed by atoms with E-state index in [9.17, 15) is 13.2 Å². The van der Waals surface area contributed by atoms with Crippen molar-refractivity contribution in [2.45, 2.75) is 45.4 Å². The van der Waals surface area contributed by atoms with Gasteiger partial charge in [0.2, 0.25) is 15.9 Å². The van der Waals surface area contributed by atoms with Gasteiger partial charge < -0.3 is 4.90 Å². The third kappa shape index (κ3) is 5.34. The number of carbonyl (C=O) groups is 1. The molecule has 2 N–H and O–H groups in total. The molecule has 1 amide bonds. The number of nitrogens with zero attached hydrogens (tertiary/aromatic N) is 2. The molecular formula is C20H28N4O3S. The molecule has 2 aromatic rings. The van der Waals surface area contributed by atoms with Gasteiger partial charge in [0.05, 0.1) is 23.8 Å². The molecule has 0 spiro atoms. The van der Waals surface area contributed by atoms with Crippen molar-refractivity contribution in [1.82, 2.24) is 15.1 Å². The number of sulfonamides is 1. The second-order valence-electron chi connectivity index (χ2n) is 7.75. The first-order chi connectivity index (χ1) is 13.2. The molecule has 2 heterocycles. The third-order valence-electron chi connectivity index (χ3n) is 5.06. The molecule has 28 heavy (non-hydrogen) atoms. The number of hydrogen-bond acceptors (Lipinski definition) is 4. The van der Waals surface area contributed by atoms with E-state index >= 15 is 0 Å². The Morgan fingerprint density at radius 3 is 2.68 bits per heavy atom. The molecule has 0 radical (unpaired) electrons. The highest BCUT2D eigenvalue weighted by Crippen LogP contribution is 2.31. The molecule has 152 valence electrons. The predicted molar refractivity (Wildman–Crippen MR) is 110 cm³/mol. The molecule has 1 aromatic heterocycles. The summed E-state index contributed by atoms with van der Waals surface area (Å²) in [4.78, 5) is 14.6. The first-order valence-corrected chi connectivity index (χ1v) is 11.5. The molecule has 1 unspecified atom stereocenters. The van der Waals surface area contributed by atoms with Gasteiger partial charge in [-0.1, -0.05) is 29.3 Å². The number of hydrogen-bond donors (Lipinski definition) is 2. The number of carbonyl (C=O) groups excluding carboxylic acids is 1. The molecule has 3 rings (SSSR count). The third-order valence-corrected chi connectivity index (χ3v) is 5.65. The lowest BCUT2D eigenvalue weighted by atomic mass is 9.93. The predicted octanol–water partition coefficient (Wildman–Crippen LogP) is 2.74. The highest BCUT2D eigenvalue weighted by Gasteiger charge is 2.27. The van der Waals surface area contributed by atoms with Crippen LogP contribution in [-0.4, -0.2) is 48.8 Å². The van der Waals surface area contributed by atoms with Crippen molar-refractivity contribution in [3.05, 3.63) is 46.8 Å². The fraction of sp³-hybridized carbons (Fsp3) is 0.500. The Morgan fingerprint density at radius 2 is 2.00 bits per heavy atom. The molecule has 0 aliphatic carbocycles. The molecular weight excluding hydrogens is 376 g/mol. The maximum Gasteiger partial charge on any atom is 0.229 e. The van der Waals surface area contributed by atoms with Crippen LogP contribution in [0.3, 0.4) is 0 Å². The smallest absolute Gasteiger partial charge is 0.229 e. The minimum Gasteiger partial charge on any atom is -0.342 e. The van der Waals surface area contributed by atoms with Gasteiger partial charge in [-0.15, -0.1) is 0 Å². The molecule has 0 saturated carbocycles. The lowest BCUT2D eigenvalue weighted by molar-refractivity contribution is -0.132. The van der Waals surface area contributed by atoms with E-state index in [1.165, 1.54) is 22.9 Å². The first kappa shape index (κ1) is 20.4. The first-order valence-electron chi connectivity index (χ1n) is 9.57. The summed E-state index contributed by atoms with van der Waals surface area (Å²) in [5.74, 6) is 0.187. The quantitative estimate of drug-likeness (QED) is 0.774. The Hall–Kier alpha value is -2.35. The van der Waals surface area contributed by atoms with Crippen LogP contribution >= 0.6 is 0 Å². The number of piperidine rings is 1. The Labute approximate surface area is 166 Å². The van der Waals surface area contributed by atoms with Gasteiger partial charge in [-0.05, 0) is 38.7 Å². The summed E-state index contributed by atoms with van der Waals surface area (Å²) in [5.41, 5.74) is 4.83. The number of rotatable bonds is 6. The van der Waals surface area contributed by atoms with Gasteiger partial charge in [0.15, 0.2) is 0 Å². The van der Waals surface area contributed by atoms with E-state index in [0.29, 0.717) is 18.7 Å². The summed E-state index contributed by atoms with van der Waals surface area (Å²) in [6.07, 6.45) is 5.59. The zero-order chi connectivity index (χ0) is 20.3. The Morgan fingerprint density at radius 1 is 1.29 bits per heavy atom. The van der Waals surface area contributed by atoms with Gasteiger partial charge in [0.1, 0.15) is 0 Å². The minimum atomic E-state index is -3.38. The highest BCUT2D eigenvalue weighted by molar-refractivity contribution is 7.92. The van der Waals surface area contributed by atoms with Crippen molar-refractivity contribution in [2.75, 3.05) is 24.1 Å². The van der Waals surface area contributed by atoms with Crippen LogP contribution in [-0.2, 0) is 21.2 Å². The van der Waals surface area contributed by atoms with E-state index in [1.807, 2.05) is 4.90 Å². The summed E-state index contributed by atoms with van der Waals surface area (Å²) >= 11 is 0. The van der Waals surface area contributed by atoms with Crippen molar-refractivity contribution >= 4 is 21.6 Å². The molecule has 8 heteroatoms. The van der Waals surface area contributed by atoms with Crippen molar-refractivity contribution < 1.29 is 13.2 Å². The van der Waals surface area contributed by atoms with Crippen molar-refractivity contribution in [2.24, 2.45) is 0 Å². The normalized spacial score (nSPS) is 17.5. The second-order valence-corrected chi connectivity index (χ2v) is 9.49. The van der Waals surface area contributed by atoms with Gasteiger partial charge in [-0.2, -0.15) is 5.10 Å². The van der Waals surface area contributed by atoms with Gasteiger partial charge in [-0.3, -0.25) is 14.6 Å². The number of aryl methyl sites for hydroxylation is 3. The number of benzene rings is 1. The minimum absolute atomic E-state index is 0.0469. The van der Waals surface area contributed by atoms with Crippen LogP contribution in [0.5, 0.6) is 0 Å². The zero-order valence-electron chi connectivity index (χ0n) is 16.7. The van der Waals surface area contributed by atoms with Crippen LogP contribution in [0.15, 0.2) is 24.4 Å². The van der Waals surface area contributed by atoms with Crippen molar-refractivity contribution in [3.8, 4) is 0 Å². The maximum atomic E-state index is 12.8.